The molecule has 2 saturated heterocycles. The first kappa shape index (κ1) is 11.9. The Labute approximate surface area is 98.0 Å². The molecule has 0 aromatic carbocycles. The highest BCUT2D eigenvalue weighted by molar-refractivity contribution is 5.84. The fourth-order valence-electron chi connectivity index (χ4n) is 2.84. The van der Waals surface area contributed by atoms with Crippen molar-refractivity contribution in [2.75, 3.05) is 20.1 Å². The monoisotopic (exact) mass is 225 g/mol. The lowest BCUT2D eigenvalue weighted by atomic mass is 10.0. The molecular weight excluding hydrogens is 202 g/mol. The van der Waals surface area contributed by atoms with Gasteiger partial charge in [-0.15, -0.1) is 0 Å². The number of amides is 1. The predicted molar refractivity (Wildman–Crippen MR) is 64.0 cm³/mol. The smallest absolute Gasteiger partial charge is 0.240 e. The number of hydrogen-bond acceptors (Lipinski definition) is 3. The largest absolute Gasteiger partial charge is 0.323 e. The SMILES string of the molecule is CCC1NC(C)C(=O)N1C1CCN(C)CC1. The average molecular weight is 225 g/mol. The Bertz CT molecular complexity index is 261. The van der Waals surface area contributed by atoms with Crippen LogP contribution in [0.5, 0.6) is 0 Å². The van der Waals surface area contributed by atoms with Crippen LogP contribution in [0.25, 0.3) is 0 Å². The number of likely N-dealkylation sites (tertiary alicyclic amines) is 1. The molecule has 2 aliphatic rings. The van der Waals surface area contributed by atoms with E-state index in [-0.39, 0.29) is 12.2 Å². The van der Waals surface area contributed by atoms with Crippen molar-refractivity contribution in [3.63, 3.8) is 0 Å². The first-order valence-electron chi connectivity index (χ1n) is 6.40. The molecule has 2 fully saturated rings. The van der Waals surface area contributed by atoms with E-state index in [4.69, 9.17) is 0 Å². The van der Waals surface area contributed by atoms with Crippen molar-refractivity contribution in [3.8, 4) is 0 Å². The minimum absolute atomic E-state index is 0.00426. The fraction of sp³-hybridized carbons (Fsp3) is 0.917. The highest BCUT2D eigenvalue weighted by Gasteiger charge is 2.39. The van der Waals surface area contributed by atoms with Gasteiger partial charge in [0.25, 0.3) is 0 Å². The van der Waals surface area contributed by atoms with Gasteiger partial charge in [0, 0.05) is 6.04 Å². The third-order valence-electron chi connectivity index (χ3n) is 3.87. The summed E-state index contributed by atoms with van der Waals surface area (Å²) in [5.41, 5.74) is 0. The molecule has 0 aliphatic carbocycles. The third-order valence-corrected chi connectivity index (χ3v) is 3.87. The van der Waals surface area contributed by atoms with Crippen molar-refractivity contribution < 1.29 is 4.79 Å². The third kappa shape index (κ3) is 2.09. The molecule has 1 N–H and O–H groups in total. The Hall–Kier alpha value is -0.610. The molecular formula is C12H23N3O. The van der Waals surface area contributed by atoms with Crippen LogP contribution in [0.4, 0.5) is 0 Å². The maximum Gasteiger partial charge on any atom is 0.240 e. The van der Waals surface area contributed by atoms with Crippen molar-refractivity contribution in [1.29, 1.82) is 0 Å². The van der Waals surface area contributed by atoms with Crippen molar-refractivity contribution >= 4 is 5.91 Å². The van der Waals surface area contributed by atoms with E-state index >= 15 is 0 Å². The molecule has 1 amide bonds. The summed E-state index contributed by atoms with van der Waals surface area (Å²) in [7, 11) is 2.15. The molecule has 2 atom stereocenters. The summed E-state index contributed by atoms with van der Waals surface area (Å²) in [5.74, 6) is 0.293. The van der Waals surface area contributed by atoms with E-state index in [1.807, 2.05) is 6.92 Å². The Morgan fingerprint density at radius 2 is 2.00 bits per heavy atom. The summed E-state index contributed by atoms with van der Waals surface area (Å²) >= 11 is 0. The quantitative estimate of drug-likeness (QED) is 0.749. The maximum absolute atomic E-state index is 12.1. The molecule has 2 heterocycles. The summed E-state index contributed by atoms with van der Waals surface area (Å²) in [6.45, 7) is 6.34. The molecule has 16 heavy (non-hydrogen) atoms. The van der Waals surface area contributed by atoms with Gasteiger partial charge in [-0.05, 0) is 46.3 Å². The summed E-state index contributed by atoms with van der Waals surface area (Å²) in [5, 5.41) is 3.37. The number of nitrogens with one attached hydrogen (secondary N) is 1. The predicted octanol–water partition coefficient (Wildman–Crippen LogP) is 0.637. The standard InChI is InChI=1S/C12H23N3O/c1-4-11-13-9(2)12(16)15(11)10-5-7-14(3)8-6-10/h9-11,13H,4-8H2,1-3H3. The van der Waals surface area contributed by atoms with Crippen LogP contribution in [0.15, 0.2) is 0 Å². The zero-order chi connectivity index (χ0) is 11.7. The number of rotatable bonds is 2. The molecule has 0 spiro atoms. The van der Waals surface area contributed by atoms with Crippen LogP contribution >= 0.6 is 0 Å². The van der Waals surface area contributed by atoms with Crippen LogP contribution in [-0.2, 0) is 4.79 Å². The minimum Gasteiger partial charge on any atom is -0.323 e. The number of carbonyl (C=O) groups is 1. The molecule has 0 aromatic heterocycles. The second kappa shape index (κ2) is 4.72. The van der Waals surface area contributed by atoms with Gasteiger partial charge in [0.1, 0.15) is 0 Å². The first-order valence-corrected chi connectivity index (χ1v) is 6.40. The van der Waals surface area contributed by atoms with Gasteiger partial charge in [-0.1, -0.05) is 6.92 Å². The van der Waals surface area contributed by atoms with E-state index in [1.54, 1.807) is 0 Å². The van der Waals surface area contributed by atoms with Gasteiger partial charge in [-0.2, -0.15) is 0 Å². The fourth-order valence-corrected chi connectivity index (χ4v) is 2.84. The molecule has 2 rings (SSSR count). The van der Waals surface area contributed by atoms with Crippen molar-refractivity contribution in [2.45, 2.75) is 51.4 Å². The van der Waals surface area contributed by atoms with Crippen LogP contribution in [0.2, 0.25) is 0 Å². The lowest BCUT2D eigenvalue weighted by molar-refractivity contribution is -0.133. The van der Waals surface area contributed by atoms with Crippen LogP contribution in [-0.4, -0.2) is 54.1 Å². The molecule has 4 nitrogen and oxygen atoms in total. The molecule has 2 aliphatic heterocycles. The van der Waals surface area contributed by atoms with Gasteiger partial charge in [-0.3, -0.25) is 10.1 Å². The summed E-state index contributed by atoms with van der Waals surface area (Å²) in [6.07, 6.45) is 3.50. The number of piperidine rings is 1. The van der Waals surface area contributed by atoms with E-state index < -0.39 is 0 Å². The minimum atomic E-state index is 0.00426. The molecule has 0 aromatic rings. The van der Waals surface area contributed by atoms with Crippen molar-refractivity contribution in [3.05, 3.63) is 0 Å². The van der Waals surface area contributed by atoms with E-state index in [0.717, 1.165) is 32.4 Å². The molecule has 0 radical (unpaired) electrons. The Morgan fingerprint density at radius 3 is 2.56 bits per heavy atom. The molecule has 92 valence electrons. The van der Waals surface area contributed by atoms with Gasteiger partial charge in [0.05, 0.1) is 12.2 Å². The Morgan fingerprint density at radius 1 is 1.38 bits per heavy atom. The molecule has 0 bridgehead atoms. The Balaban J connectivity index is 2.04. The van der Waals surface area contributed by atoms with Gasteiger partial charge in [0.15, 0.2) is 0 Å². The van der Waals surface area contributed by atoms with Gasteiger partial charge >= 0.3 is 0 Å². The summed E-state index contributed by atoms with van der Waals surface area (Å²) in [6, 6.07) is 0.454. The molecule has 4 heteroatoms. The van der Waals surface area contributed by atoms with E-state index in [0.29, 0.717) is 11.9 Å². The Kier molecular flexibility index (Phi) is 3.50. The highest BCUT2D eigenvalue weighted by Crippen LogP contribution is 2.23. The molecule has 0 saturated carbocycles. The summed E-state index contributed by atoms with van der Waals surface area (Å²) in [4.78, 5) is 16.6. The zero-order valence-electron chi connectivity index (χ0n) is 10.6. The first-order chi connectivity index (χ1) is 7.63. The lowest BCUT2D eigenvalue weighted by Gasteiger charge is -2.37. The van der Waals surface area contributed by atoms with Gasteiger partial charge in [0.2, 0.25) is 5.91 Å². The number of nitrogens with zero attached hydrogens (tertiary/aromatic N) is 2. The second-order valence-corrected chi connectivity index (χ2v) is 5.09. The topological polar surface area (TPSA) is 35.6 Å². The van der Waals surface area contributed by atoms with E-state index in [9.17, 15) is 4.79 Å². The van der Waals surface area contributed by atoms with Crippen molar-refractivity contribution in [2.24, 2.45) is 0 Å². The van der Waals surface area contributed by atoms with Crippen molar-refractivity contribution in [1.82, 2.24) is 15.1 Å². The highest BCUT2D eigenvalue weighted by atomic mass is 16.2. The van der Waals surface area contributed by atoms with Crippen LogP contribution < -0.4 is 5.32 Å². The number of hydrogen-bond donors (Lipinski definition) is 1. The van der Waals surface area contributed by atoms with E-state index in [1.165, 1.54) is 0 Å². The van der Waals surface area contributed by atoms with Crippen LogP contribution in [0.3, 0.4) is 0 Å². The van der Waals surface area contributed by atoms with E-state index in [2.05, 4.69) is 29.1 Å². The normalized spacial score (nSPS) is 33.7. The second-order valence-electron chi connectivity index (χ2n) is 5.09. The van der Waals surface area contributed by atoms with Crippen LogP contribution in [0, 0.1) is 0 Å². The van der Waals surface area contributed by atoms with Gasteiger partial charge in [-0.25, -0.2) is 0 Å². The zero-order valence-corrected chi connectivity index (χ0v) is 10.6. The van der Waals surface area contributed by atoms with Gasteiger partial charge < -0.3 is 9.80 Å². The number of carbonyl (C=O) groups excluding carboxylic acids is 1. The lowest BCUT2D eigenvalue weighted by Crippen LogP contribution is -2.49. The summed E-state index contributed by atoms with van der Waals surface area (Å²) < 4.78 is 0. The molecule has 2 unspecified atom stereocenters. The van der Waals surface area contributed by atoms with Crippen LogP contribution in [0.1, 0.15) is 33.1 Å². The average Bonchev–Trinajstić information content (AvgIpc) is 2.57. The maximum atomic E-state index is 12.1.